The van der Waals surface area contributed by atoms with Crippen LogP contribution in [0.2, 0.25) is 0 Å². The Bertz CT molecular complexity index is 1110. The Labute approximate surface area is 182 Å². The number of rotatable bonds is 4. The smallest absolute Gasteiger partial charge is 0.307 e. The van der Waals surface area contributed by atoms with Crippen LogP contribution < -0.4 is 0 Å². The first-order chi connectivity index (χ1) is 15.2. The van der Waals surface area contributed by atoms with Crippen LogP contribution >= 0.6 is 0 Å². The van der Waals surface area contributed by atoms with E-state index in [9.17, 15) is 30.3 Å². The molecule has 2 fully saturated rings. The zero-order valence-corrected chi connectivity index (χ0v) is 17.6. The predicted octanol–water partition coefficient (Wildman–Crippen LogP) is 2.26. The summed E-state index contributed by atoms with van der Waals surface area (Å²) in [6.45, 7) is 1.81. The van der Waals surface area contributed by atoms with Crippen LogP contribution in [0.5, 0.6) is 23.5 Å². The lowest BCUT2D eigenvalue weighted by atomic mass is 9.72. The summed E-state index contributed by atoms with van der Waals surface area (Å²) in [7, 11) is 1.56. The maximum absolute atomic E-state index is 11.9. The van der Waals surface area contributed by atoms with E-state index in [0.717, 1.165) is 0 Å². The van der Waals surface area contributed by atoms with Crippen LogP contribution in [0.4, 0.5) is 0 Å². The average molecular weight is 446 g/mol. The molecule has 2 aromatic rings. The van der Waals surface area contributed by atoms with Gasteiger partial charge in [0.1, 0.15) is 0 Å². The molecule has 0 aromatic carbocycles. The first kappa shape index (κ1) is 19.8. The molecule has 0 radical (unpaired) electrons. The summed E-state index contributed by atoms with van der Waals surface area (Å²) in [5.41, 5.74) is 2.32. The van der Waals surface area contributed by atoms with Gasteiger partial charge in [0, 0.05) is 53.1 Å². The van der Waals surface area contributed by atoms with Gasteiger partial charge >= 0.3 is 5.97 Å². The highest BCUT2D eigenvalue weighted by atomic mass is 17.1. The number of nitrogens with zero attached hydrogens (tertiary/aromatic N) is 2. The molecule has 10 heteroatoms. The number of hydrogen-bond acceptors (Lipinski definition) is 7. The van der Waals surface area contributed by atoms with Crippen LogP contribution in [0, 0.1) is 29.6 Å². The van der Waals surface area contributed by atoms with Crippen LogP contribution in [-0.2, 0) is 16.7 Å². The lowest BCUT2D eigenvalue weighted by Crippen LogP contribution is -2.40. The molecular formula is C22H26N2O8. The third kappa shape index (κ3) is 2.01. The molecule has 4 aliphatic rings. The van der Waals surface area contributed by atoms with Crippen molar-refractivity contribution < 1.29 is 40.5 Å². The van der Waals surface area contributed by atoms with Crippen LogP contribution in [0.3, 0.4) is 0 Å². The summed E-state index contributed by atoms with van der Waals surface area (Å²) in [5.74, 6) is -3.39. The summed E-state index contributed by atoms with van der Waals surface area (Å²) < 4.78 is 2.82. The van der Waals surface area contributed by atoms with Crippen molar-refractivity contribution in [3.05, 3.63) is 22.3 Å². The van der Waals surface area contributed by atoms with Crippen molar-refractivity contribution in [3.63, 3.8) is 0 Å². The summed E-state index contributed by atoms with van der Waals surface area (Å²) >= 11 is 0. The van der Waals surface area contributed by atoms with Crippen molar-refractivity contribution >= 4 is 5.97 Å². The van der Waals surface area contributed by atoms with Crippen molar-refractivity contribution in [1.29, 1.82) is 0 Å². The second-order valence-corrected chi connectivity index (χ2v) is 9.96. The molecule has 4 bridgehead atoms. The Kier molecular flexibility index (Phi) is 3.80. The van der Waals surface area contributed by atoms with Crippen LogP contribution in [-0.4, -0.2) is 52.5 Å². The number of carboxylic acids is 1. The molecule has 2 heterocycles. The Morgan fingerprint density at radius 3 is 1.97 bits per heavy atom. The van der Waals surface area contributed by atoms with Gasteiger partial charge in [-0.2, -0.15) is 0 Å². The summed E-state index contributed by atoms with van der Waals surface area (Å²) in [5, 5.41) is 62.5. The zero-order valence-electron chi connectivity index (χ0n) is 17.6. The molecule has 0 aliphatic heterocycles. The van der Waals surface area contributed by atoms with Crippen LogP contribution in [0.1, 0.15) is 59.9 Å². The molecule has 6 N–H and O–H groups in total. The lowest BCUT2D eigenvalue weighted by Gasteiger charge is -2.38. The maximum atomic E-state index is 11.9. The minimum atomic E-state index is -0.923. The number of aromatic hydroxyl groups is 4. The molecule has 10 nitrogen and oxygen atoms in total. The molecule has 172 valence electrons. The fraction of sp³-hybridized carbons (Fsp3) is 0.591. The molecular weight excluding hydrogens is 420 g/mol. The van der Waals surface area contributed by atoms with Crippen molar-refractivity contribution in [1.82, 2.24) is 9.13 Å². The second-order valence-electron chi connectivity index (χ2n) is 9.96. The topological polar surface area (TPSA) is 158 Å². The van der Waals surface area contributed by atoms with Gasteiger partial charge in [0.25, 0.3) is 0 Å². The molecule has 2 aromatic heterocycles. The van der Waals surface area contributed by atoms with Gasteiger partial charge in [-0.1, -0.05) is 6.92 Å². The van der Waals surface area contributed by atoms with Gasteiger partial charge in [0.2, 0.25) is 0 Å². The first-order valence-electron chi connectivity index (χ1n) is 11.0. The molecule has 32 heavy (non-hydrogen) atoms. The molecule has 8 atom stereocenters. The fourth-order valence-electron chi connectivity index (χ4n) is 7.86. The van der Waals surface area contributed by atoms with E-state index in [2.05, 4.69) is 4.89 Å². The van der Waals surface area contributed by atoms with Gasteiger partial charge in [0.15, 0.2) is 23.5 Å². The zero-order chi connectivity index (χ0) is 22.8. The van der Waals surface area contributed by atoms with E-state index in [1.165, 1.54) is 9.13 Å². The minimum Gasteiger partial charge on any atom is -0.494 e. The van der Waals surface area contributed by atoms with Crippen molar-refractivity contribution in [2.75, 3.05) is 6.61 Å². The number of aromatic nitrogens is 2. The van der Waals surface area contributed by atoms with Gasteiger partial charge in [0.05, 0.1) is 12.5 Å². The Hall–Kier alpha value is -2.85. The normalized spacial score (nSPS) is 36.1. The Balaban J connectivity index is 1.46. The SMILES string of the molecule is CC1C2CC(C(COO)C2C(=O)O)C1n1c(O)c2c(c1O)C1CC2c2c1c(O)n(C)c2O. The maximum Gasteiger partial charge on any atom is 0.307 e. The quantitative estimate of drug-likeness (QED) is 0.308. The number of hydrogen-bond donors (Lipinski definition) is 6. The first-order valence-corrected chi connectivity index (χ1v) is 11.0. The number of carboxylic acid groups (broad SMARTS) is 1. The Morgan fingerprint density at radius 1 is 0.938 bits per heavy atom. The third-order valence-electron chi connectivity index (χ3n) is 9.02. The van der Waals surface area contributed by atoms with E-state index in [1.54, 1.807) is 7.05 Å². The monoisotopic (exact) mass is 446 g/mol. The van der Waals surface area contributed by atoms with Crippen molar-refractivity contribution in [2.24, 2.45) is 36.6 Å². The number of fused-ring (bicyclic) bond motifs is 10. The van der Waals surface area contributed by atoms with E-state index in [-0.39, 0.29) is 65.8 Å². The second kappa shape index (κ2) is 6.14. The van der Waals surface area contributed by atoms with E-state index in [4.69, 9.17) is 5.26 Å². The highest BCUT2D eigenvalue weighted by Crippen LogP contribution is 2.69. The Morgan fingerprint density at radius 2 is 1.47 bits per heavy atom. The van der Waals surface area contributed by atoms with Gasteiger partial charge in [-0.25, -0.2) is 4.89 Å². The largest absolute Gasteiger partial charge is 0.494 e. The van der Waals surface area contributed by atoms with Gasteiger partial charge in [-0.15, -0.1) is 0 Å². The predicted molar refractivity (Wildman–Crippen MR) is 108 cm³/mol. The van der Waals surface area contributed by atoms with Crippen LogP contribution in [0.25, 0.3) is 0 Å². The van der Waals surface area contributed by atoms with Crippen molar-refractivity contribution in [3.8, 4) is 23.5 Å². The lowest BCUT2D eigenvalue weighted by molar-refractivity contribution is -0.258. The summed E-state index contributed by atoms with van der Waals surface area (Å²) in [6.07, 6.45) is 1.17. The van der Waals surface area contributed by atoms with Gasteiger partial charge in [-0.3, -0.25) is 19.2 Å². The minimum absolute atomic E-state index is 0.0416. The molecule has 6 rings (SSSR count). The van der Waals surface area contributed by atoms with E-state index in [1.807, 2.05) is 6.92 Å². The highest BCUT2D eigenvalue weighted by molar-refractivity contribution is 5.72. The summed E-state index contributed by atoms with van der Waals surface area (Å²) in [6, 6.07) is -0.353. The summed E-state index contributed by atoms with van der Waals surface area (Å²) in [4.78, 5) is 16.3. The average Bonchev–Trinajstić information content (AvgIpc) is 3.54. The highest BCUT2D eigenvalue weighted by Gasteiger charge is 2.61. The van der Waals surface area contributed by atoms with E-state index >= 15 is 0 Å². The molecule has 0 amide bonds. The number of aliphatic carboxylic acids is 1. The van der Waals surface area contributed by atoms with Gasteiger partial charge < -0.3 is 25.5 Å². The van der Waals surface area contributed by atoms with E-state index in [0.29, 0.717) is 35.1 Å². The molecule has 2 saturated carbocycles. The standard InChI is InChI=1S/C22H26N2O8/c1-6-7-3-8(11(5-32-31)12(7)22(29)30)17(6)24-20(27)15-9-4-10(16(15)21(24)28)14-13(9)18(25)23(2)19(14)26/h6-12,17,25-28,31H,3-5H2,1-2H3,(H,29,30). The van der Waals surface area contributed by atoms with Gasteiger partial charge in [-0.05, 0) is 30.6 Å². The molecule has 0 spiro atoms. The molecule has 4 aliphatic carbocycles. The van der Waals surface area contributed by atoms with Crippen LogP contribution in [0.15, 0.2) is 0 Å². The fourth-order valence-corrected chi connectivity index (χ4v) is 7.86. The number of carbonyl (C=O) groups is 1. The van der Waals surface area contributed by atoms with E-state index < -0.39 is 17.8 Å². The van der Waals surface area contributed by atoms with Crippen molar-refractivity contribution in [2.45, 2.75) is 37.6 Å². The molecule has 0 saturated heterocycles. The third-order valence-corrected chi connectivity index (χ3v) is 9.02. The molecule has 8 unspecified atom stereocenters.